The largest absolute Gasteiger partial charge is 0.309 e. The molecule has 1 aromatic heterocycles. The summed E-state index contributed by atoms with van der Waals surface area (Å²) >= 11 is 6.18. The molecule has 0 aliphatic rings. The molecule has 0 amide bonds. The van der Waals surface area contributed by atoms with Crippen molar-refractivity contribution in [1.82, 2.24) is 15.1 Å². The van der Waals surface area contributed by atoms with E-state index in [9.17, 15) is 4.39 Å². The lowest BCUT2D eigenvalue weighted by atomic mass is 10.0. The van der Waals surface area contributed by atoms with Gasteiger partial charge in [-0.1, -0.05) is 30.7 Å². The minimum atomic E-state index is -0.219. The Labute approximate surface area is 117 Å². The van der Waals surface area contributed by atoms with E-state index in [1.807, 2.05) is 20.0 Å². The van der Waals surface area contributed by atoms with Gasteiger partial charge in [-0.2, -0.15) is 5.10 Å². The molecule has 2 aromatic rings. The van der Waals surface area contributed by atoms with Crippen LogP contribution >= 0.6 is 11.6 Å². The first-order valence-corrected chi connectivity index (χ1v) is 6.64. The van der Waals surface area contributed by atoms with Crippen molar-refractivity contribution < 1.29 is 4.39 Å². The van der Waals surface area contributed by atoms with Crippen LogP contribution in [-0.4, -0.2) is 16.3 Å². The Morgan fingerprint density at radius 2 is 2.26 bits per heavy atom. The van der Waals surface area contributed by atoms with Crippen molar-refractivity contribution in [3.8, 4) is 0 Å². The molecular formula is C14H17ClFN3. The number of rotatable bonds is 5. The molecule has 0 aliphatic carbocycles. The number of benzene rings is 1. The minimum Gasteiger partial charge on any atom is -0.309 e. The summed E-state index contributed by atoms with van der Waals surface area (Å²) in [7, 11) is 1.86. The number of nitrogens with one attached hydrogen (secondary N) is 1. The van der Waals surface area contributed by atoms with Crippen LogP contribution in [0.4, 0.5) is 4.39 Å². The third kappa shape index (κ3) is 3.33. The van der Waals surface area contributed by atoms with Crippen LogP contribution in [-0.2, 0) is 13.5 Å². The Hall–Kier alpha value is -1.39. The molecule has 0 bridgehead atoms. The van der Waals surface area contributed by atoms with Gasteiger partial charge < -0.3 is 5.32 Å². The Kier molecular flexibility index (Phi) is 4.56. The standard InChI is InChI=1S/C14H17ClFN3/c1-3-17-13(14-12(15)9-18-19(14)2)8-10-5-4-6-11(16)7-10/h4-7,9,13,17H,3,8H2,1-2H3. The Morgan fingerprint density at radius 1 is 1.47 bits per heavy atom. The molecule has 102 valence electrons. The van der Waals surface area contributed by atoms with Crippen molar-refractivity contribution in [2.75, 3.05) is 6.54 Å². The van der Waals surface area contributed by atoms with Gasteiger partial charge >= 0.3 is 0 Å². The molecule has 0 saturated heterocycles. The fourth-order valence-corrected chi connectivity index (χ4v) is 2.52. The van der Waals surface area contributed by atoms with Gasteiger partial charge in [0.15, 0.2) is 0 Å². The number of likely N-dealkylation sites (N-methyl/N-ethyl adjacent to an activating group) is 1. The highest BCUT2D eigenvalue weighted by Crippen LogP contribution is 2.25. The molecule has 1 aromatic carbocycles. The second-order valence-electron chi connectivity index (χ2n) is 4.45. The van der Waals surface area contributed by atoms with Crippen LogP contribution in [0, 0.1) is 5.82 Å². The smallest absolute Gasteiger partial charge is 0.123 e. The molecule has 0 saturated carbocycles. The summed E-state index contributed by atoms with van der Waals surface area (Å²) < 4.78 is 15.0. The van der Waals surface area contributed by atoms with E-state index in [1.165, 1.54) is 6.07 Å². The maximum atomic E-state index is 13.2. The molecule has 0 spiro atoms. The predicted molar refractivity (Wildman–Crippen MR) is 74.7 cm³/mol. The van der Waals surface area contributed by atoms with Crippen LogP contribution < -0.4 is 5.32 Å². The lowest BCUT2D eigenvalue weighted by molar-refractivity contribution is 0.506. The average Bonchev–Trinajstić information content (AvgIpc) is 2.69. The van der Waals surface area contributed by atoms with Crippen LogP contribution in [0.2, 0.25) is 5.02 Å². The normalized spacial score (nSPS) is 12.6. The molecule has 5 heteroatoms. The van der Waals surface area contributed by atoms with E-state index >= 15 is 0 Å². The molecule has 2 rings (SSSR count). The Bertz CT molecular complexity index is 534. The molecule has 19 heavy (non-hydrogen) atoms. The predicted octanol–water partition coefficient (Wildman–Crippen LogP) is 3.11. The maximum Gasteiger partial charge on any atom is 0.123 e. The van der Waals surface area contributed by atoms with E-state index in [1.54, 1.807) is 23.0 Å². The molecule has 1 atom stereocenters. The number of nitrogens with zero attached hydrogens (tertiary/aromatic N) is 2. The molecule has 3 nitrogen and oxygen atoms in total. The molecular weight excluding hydrogens is 265 g/mol. The summed E-state index contributed by atoms with van der Waals surface area (Å²) in [6.07, 6.45) is 2.30. The quantitative estimate of drug-likeness (QED) is 0.913. The van der Waals surface area contributed by atoms with Crippen molar-refractivity contribution in [2.45, 2.75) is 19.4 Å². The van der Waals surface area contributed by atoms with E-state index in [-0.39, 0.29) is 11.9 Å². The number of aromatic nitrogens is 2. The second kappa shape index (κ2) is 6.17. The summed E-state index contributed by atoms with van der Waals surface area (Å²) in [5, 5.41) is 8.15. The van der Waals surface area contributed by atoms with Crippen LogP contribution in [0.3, 0.4) is 0 Å². The van der Waals surface area contributed by atoms with Gasteiger partial charge in [0.2, 0.25) is 0 Å². The first-order valence-electron chi connectivity index (χ1n) is 6.27. The SMILES string of the molecule is CCNC(Cc1cccc(F)c1)c1c(Cl)cnn1C. The van der Waals surface area contributed by atoms with Gasteiger partial charge in [0, 0.05) is 7.05 Å². The van der Waals surface area contributed by atoms with Gasteiger partial charge in [-0.05, 0) is 30.7 Å². The third-order valence-corrected chi connectivity index (χ3v) is 3.34. The van der Waals surface area contributed by atoms with Crippen molar-refractivity contribution in [3.63, 3.8) is 0 Å². The lowest BCUT2D eigenvalue weighted by Gasteiger charge is -2.19. The second-order valence-corrected chi connectivity index (χ2v) is 4.85. The van der Waals surface area contributed by atoms with E-state index in [0.29, 0.717) is 11.4 Å². The highest BCUT2D eigenvalue weighted by molar-refractivity contribution is 6.31. The fourth-order valence-electron chi connectivity index (χ4n) is 2.22. The van der Waals surface area contributed by atoms with Crippen molar-refractivity contribution in [3.05, 3.63) is 52.6 Å². The minimum absolute atomic E-state index is 0.0202. The van der Waals surface area contributed by atoms with Gasteiger partial charge in [0.25, 0.3) is 0 Å². The molecule has 1 heterocycles. The zero-order valence-corrected chi connectivity index (χ0v) is 11.8. The zero-order valence-electron chi connectivity index (χ0n) is 11.0. The van der Waals surface area contributed by atoms with Gasteiger partial charge in [-0.15, -0.1) is 0 Å². The Balaban J connectivity index is 2.26. The number of hydrogen-bond acceptors (Lipinski definition) is 2. The number of aryl methyl sites for hydroxylation is 1. The topological polar surface area (TPSA) is 29.9 Å². The molecule has 0 radical (unpaired) electrons. The van der Waals surface area contributed by atoms with Gasteiger partial charge in [-0.3, -0.25) is 4.68 Å². The van der Waals surface area contributed by atoms with Crippen molar-refractivity contribution >= 4 is 11.6 Å². The van der Waals surface area contributed by atoms with Crippen LogP contribution in [0.25, 0.3) is 0 Å². The summed E-state index contributed by atoms with van der Waals surface area (Å²) in [5.41, 5.74) is 1.86. The molecule has 0 fully saturated rings. The maximum absolute atomic E-state index is 13.2. The van der Waals surface area contributed by atoms with E-state index in [4.69, 9.17) is 11.6 Å². The fraction of sp³-hybridized carbons (Fsp3) is 0.357. The summed E-state index contributed by atoms with van der Waals surface area (Å²) in [6.45, 7) is 2.84. The van der Waals surface area contributed by atoms with Gasteiger partial charge in [0.1, 0.15) is 5.82 Å². The highest BCUT2D eigenvalue weighted by atomic mass is 35.5. The van der Waals surface area contributed by atoms with Crippen molar-refractivity contribution in [1.29, 1.82) is 0 Å². The zero-order chi connectivity index (χ0) is 13.8. The first-order chi connectivity index (χ1) is 9.11. The highest BCUT2D eigenvalue weighted by Gasteiger charge is 2.18. The van der Waals surface area contributed by atoms with Crippen LogP contribution in [0.15, 0.2) is 30.5 Å². The van der Waals surface area contributed by atoms with Crippen LogP contribution in [0.1, 0.15) is 24.2 Å². The van der Waals surface area contributed by atoms with E-state index in [2.05, 4.69) is 10.4 Å². The number of hydrogen-bond donors (Lipinski definition) is 1. The average molecular weight is 282 g/mol. The van der Waals surface area contributed by atoms with E-state index < -0.39 is 0 Å². The molecule has 1 N–H and O–H groups in total. The Morgan fingerprint density at radius 3 is 2.84 bits per heavy atom. The monoisotopic (exact) mass is 281 g/mol. The summed E-state index contributed by atoms with van der Waals surface area (Å²) in [4.78, 5) is 0. The lowest BCUT2D eigenvalue weighted by Crippen LogP contribution is -2.25. The number of halogens is 2. The molecule has 1 unspecified atom stereocenters. The van der Waals surface area contributed by atoms with Crippen molar-refractivity contribution in [2.24, 2.45) is 7.05 Å². The summed E-state index contributed by atoms with van der Waals surface area (Å²) in [5.74, 6) is -0.219. The van der Waals surface area contributed by atoms with Crippen LogP contribution in [0.5, 0.6) is 0 Å². The molecule has 0 aliphatic heterocycles. The third-order valence-electron chi connectivity index (χ3n) is 3.05. The first kappa shape index (κ1) is 14.0. The van der Waals surface area contributed by atoms with Gasteiger partial charge in [0.05, 0.1) is 23.0 Å². The summed E-state index contributed by atoms with van der Waals surface area (Å²) in [6, 6.07) is 6.65. The van der Waals surface area contributed by atoms with Gasteiger partial charge in [-0.25, -0.2) is 4.39 Å². The van der Waals surface area contributed by atoms with E-state index in [0.717, 1.165) is 17.8 Å².